The molecular formula is C14H22FN3O. The molecule has 0 fully saturated rings. The molecule has 0 heterocycles. The highest BCUT2D eigenvalue weighted by Gasteiger charge is 2.12. The van der Waals surface area contributed by atoms with Crippen LogP contribution in [0.4, 0.5) is 15.8 Å². The van der Waals surface area contributed by atoms with Crippen molar-refractivity contribution in [2.24, 2.45) is 0 Å². The Morgan fingerprint density at radius 1 is 1.53 bits per heavy atom. The van der Waals surface area contributed by atoms with Crippen LogP contribution in [0.15, 0.2) is 18.2 Å². The molecule has 0 spiro atoms. The minimum atomic E-state index is -0.480. The summed E-state index contributed by atoms with van der Waals surface area (Å²) in [6.45, 7) is 4.51. The summed E-state index contributed by atoms with van der Waals surface area (Å²) in [4.78, 5) is 13.8. The molecule has 1 amide bonds. The smallest absolute Gasteiger partial charge is 0.238 e. The van der Waals surface area contributed by atoms with Crippen molar-refractivity contribution in [3.8, 4) is 0 Å². The van der Waals surface area contributed by atoms with Gasteiger partial charge in [0.1, 0.15) is 5.82 Å². The number of rotatable bonds is 6. The van der Waals surface area contributed by atoms with Crippen LogP contribution in [0.5, 0.6) is 0 Å². The first kappa shape index (κ1) is 15.4. The van der Waals surface area contributed by atoms with Crippen LogP contribution in [0.25, 0.3) is 0 Å². The molecule has 3 N–H and O–H groups in total. The van der Waals surface area contributed by atoms with E-state index in [-0.39, 0.29) is 11.6 Å². The van der Waals surface area contributed by atoms with E-state index in [1.165, 1.54) is 18.2 Å². The van der Waals surface area contributed by atoms with Crippen LogP contribution in [0, 0.1) is 5.82 Å². The van der Waals surface area contributed by atoms with Gasteiger partial charge in [-0.25, -0.2) is 4.39 Å². The number of nitrogens with two attached hydrogens (primary N) is 1. The Kier molecular flexibility index (Phi) is 5.76. The fourth-order valence-electron chi connectivity index (χ4n) is 1.84. The molecule has 0 saturated heterocycles. The number of carbonyl (C=O) groups excluding carboxylic acids is 1. The van der Waals surface area contributed by atoms with E-state index in [0.29, 0.717) is 18.3 Å². The number of halogens is 1. The molecule has 106 valence electrons. The van der Waals surface area contributed by atoms with Crippen LogP contribution in [0.1, 0.15) is 26.7 Å². The van der Waals surface area contributed by atoms with Crippen molar-refractivity contribution in [1.29, 1.82) is 0 Å². The Balaban J connectivity index is 2.53. The summed E-state index contributed by atoms with van der Waals surface area (Å²) in [6, 6.07) is 4.52. The average molecular weight is 267 g/mol. The number of hydrogen-bond donors (Lipinski definition) is 2. The lowest BCUT2D eigenvalue weighted by Crippen LogP contribution is -2.36. The van der Waals surface area contributed by atoms with Crippen molar-refractivity contribution >= 4 is 17.3 Å². The zero-order chi connectivity index (χ0) is 14.4. The zero-order valence-corrected chi connectivity index (χ0v) is 11.7. The quantitative estimate of drug-likeness (QED) is 0.778. The summed E-state index contributed by atoms with van der Waals surface area (Å²) in [5, 5.41) is 2.71. The number of benzene rings is 1. The van der Waals surface area contributed by atoms with Crippen molar-refractivity contribution in [2.45, 2.75) is 32.7 Å². The number of likely N-dealkylation sites (N-methyl/N-ethyl adjacent to an activating group) is 1. The molecule has 0 radical (unpaired) electrons. The molecule has 19 heavy (non-hydrogen) atoms. The van der Waals surface area contributed by atoms with Gasteiger partial charge in [0.25, 0.3) is 0 Å². The van der Waals surface area contributed by atoms with Crippen LogP contribution in [-0.4, -0.2) is 30.4 Å². The van der Waals surface area contributed by atoms with Crippen molar-refractivity contribution in [2.75, 3.05) is 24.6 Å². The largest absolute Gasteiger partial charge is 0.396 e. The van der Waals surface area contributed by atoms with E-state index in [1.807, 2.05) is 11.9 Å². The lowest BCUT2D eigenvalue weighted by Gasteiger charge is -2.23. The van der Waals surface area contributed by atoms with E-state index in [9.17, 15) is 9.18 Å². The highest BCUT2D eigenvalue weighted by atomic mass is 19.1. The van der Waals surface area contributed by atoms with Gasteiger partial charge in [-0.3, -0.25) is 9.69 Å². The second-order valence-corrected chi connectivity index (χ2v) is 4.84. The van der Waals surface area contributed by atoms with Crippen LogP contribution in [0.2, 0.25) is 0 Å². The van der Waals surface area contributed by atoms with Crippen molar-refractivity contribution < 1.29 is 9.18 Å². The summed E-state index contributed by atoms with van der Waals surface area (Å²) in [5.74, 6) is -0.608. The maximum absolute atomic E-state index is 13.0. The number of nitrogens with one attached hydrogen (secondary N) is 1. The predicted molar refractivity (Wildman–Crippen MR) is 76.4 cm³/mol. The number of nitrogens with zero attached hydrogens (tertiary/aromatic N) is 1. The Labute approximate surface area is 113 Å². The first-order valence-corrected chi connectivity index (χ1v) is 6.49. The van der Waals surface area contributed by atoms with E-state index >= 15 is 0 Å². The highest BCUT2D eigenvalue weighted by Crippen LogP contribution is 2.16. The third-order valence-corrected chi connectivity index (χ3v) is 3.13. The molecule has 1 unspecified atom stereocenters. The molecule has 0 aliphatic heterocycles. The Bertz CT molecular complexity index is 437. The lowest BCUT2D eigenvalue weighted by atomic mass is 10.2. The van der Waals surface area contributed by atoms with Gasteiger partial charge in [0.05, 0.1) is 12.2 Å². The minimum absolute atomic E-state index is 0.0329. The molecule has 1 atom stereocenters. The van der Waals surface area contributed by atoms with E-state index in [4.69, 9.17) is 5.73 Å². The SMILES string of the molecule is CCCC(C)N(C)CC(=O)Nc1ccc(F)c(N)c1. The monoisotopic (exact) mass is 267 g/mol. The first-order chi connectivity index (χ1) is 8.93. The van der Waals surface area contributed by atoms with Crippen LogP contribution in [-0.2, 0) is 4.79 Å². The standard InChI is InChI=1S/C14H22FN3O/c1-4-5-10(2)18(3)9-14(19)17-11-6-7-12(15)13(16)8-11/h6-8,10H,4-5,9,16H2,1-3H3,(H,17,19). The maximum atomic E-state index is 13.0. The molecule has 1 aromatic rings. The Morgan fingerprint density at radius 3 is 2.79 bits per heavy atom. The lowest BCUT2D eigenvalue weighted by molar-refractivity contribution is -0.117. The average Bonchev–Trinajstić information content (AvgIpc) is 2.34. The van der Waals surface area contributed by atoms with Gasteiger partial charge in [0.15, 0.2) is 0 Å². The fourth-order valence-corrected chi connectivity index (χ4v) is 1.84. The second kappa shape index (κ2) is 7.09. The summed E-state index contributed by atoms with van der Waals surface area (Å²) >= 11 is 0. The van der Waals surface area contributed by atoms with Gasteiger partial charge in [-0.2, -0.15) is 0 Å². The Hall–Kier alpha value is -1.62. The van der Waals surface area contributed by atoms with E-state index in [2.05, 4.69) is 19.2 Å². The van der Waals surface area contributed by atoms with Gasteiger partial charge in [-0.15, -0.1) is 0 Å². The fraction of sp³-hybridized carbons (Fsp3) is 0.500. The number of nitrogen functional groups attached to an aromatic ring is 1. The van der Waals surface area contributed by atoms with Crippen LogP contribution < -0.4 is 11.1 Å². The van der Waals surface area contributed by atoms with E-state index < -0.39 is 5.82 Å². The summed E-state index contributed by atoms with van der Waals surface area (Å²) in [5.41, 5.74) is 6.00. The molecule has 1 rings (SSSR count). The van der Waals surface area contributed by atoms with Gasteiger partial charge in [0.2, 0.25) is 5.91 Å². The summed E-state index contributed by atoms with van der Waals surface area (Å²) < 4.78 is 13.0. The van der Waals surface area contributed by atoms with Crippen molar-refractivity contribution in [3.05, 3.63) is 24.0 Å². The molecule has 5 heteroatoms. The topological polar surface area (TPSA) is 58.4 Å². The molecule has 4 nitrogen and oxygen atoms in total. The molecule has 0 aromatic heterocycles. The first-order valence-electron chi connectivity index (χ1n) is 6.49. The maximum Gasteiger partial charge on any atom is 0.238 e. The molecule has 1 aromatic carbocycles. The Morgan fingerprint density at radius 2 is 2.21 bits per heavy atom. The third kappa shape index (κ3) is 4.87. The minimum Gasteiger partial charge on any atom is -0.396 e. The molecule has 0 saturated carbocycles. The number of hydrogen-bond acceptors (Lipinski definition) is 3. The molecule has 0 aliphatic carbocycles. The second-order valence-electron chi connectivity index (χ2n) is 4.84. The third-order valence-electron chi connectivity index (χ3n) is 3.13. The molecular weight excluding hydrogens is 245 g/mol. The van der Waals surface area contributed by atoms with Gasteiger partial charge < -0.3 is 11.1 Å². The van der Waals surface area contributed by atoms with Gasteiger partial charge in [0, 0.05) is 11.7 Å². The highest BCUT2D eigenvalue weighted by molar-refractivity contribution is 5.92. The van der Waals surface area contributed by atoms with Gasteiger partial charge in [-0.1, -0.05) is 13.3 Å². The van der Waals surface area contributed by atoms with E-state index in [0.717, 1.165) is 12.8 Å². The van der Waals surface area contributed by atoms with Crippen LogP contribution >= 0.6 is 0 Å². The number of carbonyl (C=O) groups is 1. The summed E-state index contributed by atoms with van der Waals surface area (Å²) in [6.07, 6.45) is 2.13. The zero-order valence-electron chi connectivity index (χ0n) is 11.7. The number of anilines is 2. The van der Waals surface area contributed by atoms with Crippen LogP contribution in [0.3, 0.4) is 0 Å². The molecule has 0 bridgehead atoms. The normalized spacial score (nSPS) is 12.5. The van der Waals surface area contributed by atoms with Crippen molar-refractivity contribution in [3.63, 3.8) is 0 Å². The molecule has 0 aliphatic rings. The number of amides is 1. The van der Waals surface area contributed by atoms with Gasteiger partial charge >= 0.3 is 0 Å². The van der Waals surface area contributed by atoms with Gasteiger partial charge in [-0.05, 0) is 38.6 Å². The van der Waals surface area contributed by atoms with Crippen molar-refractivity contribution in [1.82, 2.24) is 4.90 Å². The summed E-state index contributed by atoms with van der Waals surface area (Å²) in [7, 11) is 1.92. The predicted octanol–water partition coefficient (Wildman–Crippen LogP) is 2.47. The van der Waals surface area contributed by atoms with E-state index in [1.54, 1.807) is 0 Å².